The van der Waals surface area contributed by atoms with E-state index in [-0.39, 0.29) is 5.54 Å². The molecule has 2 N–H and O–H groups in total. The Bertz CT molecular complexity index is 374. The van der Waals surface area contributed by atoms with Gasteiger partial charge in [0.05, 0.1) is 0 Å². The second-order valence-corrected chi connectivity index (χ2v) is 6.15. The van der Waals surface area contributed by atoms with Gasteiger partial charge in [-0.1, -0.05) is 34.1 Å². The standard InChI is InChI=1S/C14H21BrN2/c1-17(10-9-14(16)7-4-8-14)11-12-5-2-3-6-13(12)15/h2-3,5-6H,4,7-11,16H2,1H3. The van der Waals surface area contributed by atoms with E-state index in [9.17, 15) is 0 Å². The topological polar surface area (TPSA) is 29.3 Å². The molecule has 1 aromatic rings. The molecule has 0 saturated heterocycles. The van der Waals surface area contributed by atoms with E-state index in [0.717, 1.165) is 19.5 Å². The van der Waals surface area contributed by atoms with Gasteiger partial charge >= 0.3 is 0 Å². The summed E-state index contributed by atoms with van der Waals surface area (Å²) < 4.78 is 1.19. The Balaban J connectivity index is 1.81. The van der Waals surface area contributed by atoms with Crippen molar-refractivity contribution in [2.24, 2.45) is 5.73 Å². The molecule has 17 heavy (non-hydrogen) atoms. The maximum Gasteiger partial charge on any atom is 0.0241 e. The van der Waals surface area contributed by atoms with Gasteiger partial charge in [0.25, 0.3) is 0 Å². The molecule has 0 radical (unpaired) electrons. The van der Waals surface area contributed by atoms with Crippen LogP contribution in [0.2, 0.25) is 0 Å². The van der Waals surface area contributed by atoms with Crippen LogP contribution >= 0.6 is 15.9 Å². The summed E-state index contributed by atoms with van der Waals surface area (Å²) in [5.74, 6) is 0. The molecule has 2 nitrogen and oxygen atoms in total. The van der Waals surface area contributed by atoms with Crippen LogP contribution in [-0.4, -0.2) is 24.0 Å². The molecular weight excluding hydrogens is 276 g/mol. The molecule has 94 valence electrons. The van der Waals surface area contributed by atoms with E-state index >= 15 is 0 Å². The van der Waals surface area contributed by atoms with E-state index in [1.54, 1.807) is 0 Å². The van der Waals surface area contributed by atoms with Crippen LogP contribution in [0.5, 0.6) is 0 Å². The first-order chi connectivity index (χ1) is 8.09. The molecule has 1 aromatic carbocycles. The number of nitrogens with two attached hydrogens (primary N) is 1. The first-order valence-electron chi connectivity index (χ1n) is 6.30. The van der Waals surface area contributed by atoms with Gasteiger partial charge in [-0.3, -0.25) is 0 Å². The lowest BCUT2D eigenvalue weighted by Crippen LogP contribution is -2.48. The minimum absolute atomic E-state index is 0.141. The summed E-state index contributed by atoms with van der Waals surface area (Å²) >= 11 is 3.59. The van der Waals surface area contributed by atoms with Gasteiger partial charge in [-0.2, -0.15) is 0 Å². The van der Waals surface area contributed by atoms with Crippen LogP contribution in [0.15, 0.2) is 28.7 Å². The van der Waals surface area contributed by atoms with Crippen molar-refractivity contribution in [2.75, 3.05) is 13.6 Å². The molecule has 3 heteroatoms. The maximum absolute atomic E-state index is 6.24. The van der Waals surface area contributed by atoms with Crippen molar-refractivity contribution in [1.82, 2.24) is 4.90 Å². The van der Waals surface area contributed by atoms with E-state index < -0.39 is 0 Å². The number of hydrogen-bond donors (Lipinski definition) is 1. The predicted molar refractivity (Wildman–Crippen MR) is 75.9 cm³/mol. The van der Waals surface area contributed by atoms with E-state index in [0.29, 0.717) is 0 Å². The molecule has 1 fully saturated rings. The van der Waals surface area contributed by atoms with Crippen LogP contribution in [-0.2, 0) is 6.54 Å². The largest absolute Gasteiger partial charge is 0.325 e. The number of nitrogens with zero attached hydrogens (tertiary/aromatic N) is 1. The van der Waals surface area contributed by atoms with Crippen molar-refractivity contribution in [1.29, 1.82) is 0 Å². The molecule has 0 amide bonds. The second-order valence-electron chi connectivity index (χ2n) is 5.30. The smallest absolute Gasteiger partial charge is 0.0241 e. The third kappa shape index (κ3) is 3.54. The third-order valence-corrected chi connectivity index (χ3v) is 4.51. The van der Waals surface area contributed by atoms with Crippen LogP contribution in [0.1, 0.15) is 31.2 Å². The molecule has 0 heterocycles. The van der Waals surface area contributed by atoms with Crippen LogP contribution < -0.4 is 5.73 Å². The van der Waals surface area contributed by atoms with Gasteiger partial charge in [-0.05, 0) is 50.9 Å². The van der Waals surface area contributed by atoms with Gasteiger partial charge in [0.15, 0.2) is 0 Å². The Morgan fingerprint density at radius 1 is 1.35 bits per heavy atom. The second kappa shape index (κ2) is 5.51. The van der Waals surface area contributed by atoms with Gasteiger partial charge in [0.1, 0.15) is 0 Å². The van der Waals surface area contributed by atoms with Gasteiger partial charge in [-0.15, -0.1) is 0 Å². The summed E-state index contributed by atoms with van der Waals surface area (Å²) in [5, 5.41) is 0. The fraction of sp³-hybridized carbons (Fsp3) is 0.571. The molecule has 0 aromatic heterocycles. The van der Waals surface area contributed by atoms with Gasteiger partial charge < -0.3 is 10.6 Å². The van der Waals surface area contributed by atoms with Crippen molar-refractivity contribution in [2.45, 2.75) is 37.8 Å². The van der Waals surface area contributed by atoms with Gasteiger partial charge in [0.2, 0.25) is 0 Å². The molecule has 0 spiro atoms. The SMILES string of the molecule is CN(CCC1(N)CCC1)Cc1ccccc1Br. The van der Waals surface area contributed by atoms with E-state index in [4.69, 9.17) is 5.73 Å². The van der Waals surface area contributed by atoms with Crippen molar-refractivity contribution >= 4 is 15.9 Å². The highest BCUT2D eigenvalue weighted by atomic mass is 79.9. The molecule has 0 atom stereocenters. The fourth-order valence-electron chi connectivity index (χ4n) is 2.29. The lowest BCUT2D eigenvalue weighted by Gasteiger charge is -2.39. The summed E-state index contributed by atoms with van der Waals surface area (Å²) in [7, 11) is 2.17. The van der Waals surface area contributed by atoms with Crippen LogP contribution in [0.4, 0.5) is 0 Å². The van der Waals surface area contributed by atoms with Crippen LogP contribution in [0.25, 0.3) is 0 Å². The zero-order valence-corrected chi connectivity index (χ0v) is 12.0. The molecule has 2 rings (SSSR count). The van der Waals surface area contributed by atoms with E-state index in [1.165, 1.54) is 29.3 Å². The first-order valence-corrected chi connectivity index (χ1v) is 7.09. The summed E-state index contributed by atoms with van der Waals surface area (Å²) in [4.78, 5) is 2.35. The van der Waals surface area contributed by atoms with Crippen molar-refractivity contribution in [3.05, 3.63) is 34.3 Å². The summed E-state index contributed by atoms with van der Waals surface area (Å²) in [6.07, 6.45) is 4.84. The highest BCUT2D eigenvalue weighted by molar-refractivity contribution is 9.10. The fourth-order valence-corrected chi connectivity index (χ4v) is 2.70. The van der Waals surface area contributed by atoms with Crippen LogP contribution in [0, 0.1) is 0 Å². The van der Waals surface area contributed by atoms with Crippen molar-refractivity contribution in [3.63, 3.8) is 0 Å². The number of rotatable bonds is 5. The molecule has 0 unspecified atom stereocenters. The highest BCUT2D eigenvalue weighted by Crippen LogP contribution is 2.32. The zero-order valence-electron chi connectivity index (χ0n) is 10.5. The molecule has 0 aliphatic heterocycles. The average molecular weight is 297 g/mol. The minimum atomic E-state index is 0.141. The highest BCUT2D eigenvalue weighted by Gasteiger charge is 2.31. The molecular formula is C14H21BrN2. The Morgan fingerprint density at radius 2 is 2.06 bits per heavy atom. The number of hydrogen-bond acceptors (Lipinski definition) is 2. The van der Waals surface area contributed by atoms with E-state index in [1.807, 2.05) is 0 Å². The Hall–Kier alpha value is -0.380. The summed E-state index contributed by atoms with van der Waals surface area (Å²) in [6.45, 7) is 2.06. The summed E-state index contributed by atoms with van der Waals surface area (Å²) in [6, 6.07) is 8.41. The Labute approximate surface area is 112 Å². The predicted octanol–water partition coefficient (Wildman–Crippen LogP) is 3.15. The zero-order chi connectivity index (χ0) is 12.3. The minimum Gasteiger partial charge on any atom is -0.325 e. The summed E-state index contributed by atoms with van der Waals surface area (Å²) in [5.41, 5.74) is 7.72. The molecule has 1 aliphatic carbocycles. The third-order valence-electron chi connectivity index (χ3n) is 3.74. The van der Waals surface area contributed by atoms with E-state index in [2.05, 4.69) is 52.1 Å². The average Bonchev–Trinajstić information content (AvgIpc) is 2.27. The maximum atomic E-state index is 6.24. The Morgan fingerprint density at radius 3 is 2.65 bits per heavy atom. The van der Waals surface area contributed by atoms with Gasteiger partial charge in [-0.25, -0.2) is 0 Å². The lowest BCUT2D eigenvalue weighted by molar-refractivity contribution is 0.193. The van der Waals surface area contributed by atoms with Crippen molar-refractivity contribution < 1.29 is 0 Å². The molecule has 0 bridgehead atoms. The Kier molecular flexibility index (Phi) is 4.23. The van der Waals surface area contributed by atoms with Crippen molar-refractivity contribution in [3.8, 4) is 0 Å². The number of halogens is 1. The van der Waals surface area contributed by atoms with Crippen LogP contribution in [0.3, 0.4) is 0 Å². The number of benzene rings is 1. The molecule has 1 aliphatic rings. The van der Waals surface area contributed by atoms with Gasteiger partial charge in [0, 0.05) is 16.6 Å². The normalized spacial score (nSPS) is 18.1. The molecule has 1 saturated carbocycles. The first kappa shape index (κ1) is 13.1. The lowest BCUT2D eigenvalue weighted by atomic mass is 9.75. The monoisotopic (exact) mass is 296 g/mol. The quantitative estimate of drug-likeness (QED) is 0.904.